The first-order valence-corrected chi connectivity index (χ1v) is 15.1. The first kappa shape index (κ1) is 30.9. The van der Waals surface area contributed by atoms with E-state index in [2.05, 4.69) is 6.92 Å². The summed E-state index contributed by atoms with van der Waals surface area (Å²) in [6.45, 7) is 10.3. The number of Topliss-reactive ketones (excluding diaryl/α,β-unsaturated/α-hetero) is 1. The molecule has 0 aromatic carbocycles. The molecule has 4 rings (SSSR count). The van der Waals surface area contributed by atoms with Gasteiger partial charge in [-0.25, -0.2) is 0 Å². The predicted molar refractivity (Wildman–Crippen MR) is 149 cm³/mol. The van der Waals surface area contributed by atoms with E-state index < -0.39 is 63.7 Å². The average molecular weight is 561 g/mol. The van der Waals surface area contributed by atoms with Gasteiger partial charge in [0.1, 0.15) is 11.7 Å². The molecule has 8 heteroatoms. The summed E-state index contributed by atoms with van der Waals surface area (Å²) in [5, 5.41) is 34.6. The van der Waals surface area contributed by atoms with Crippen molar-refractivity contribution < 1.29 is 39.2 Å². The number of hydrogen-bond acceptors (Lipinski definition) is 8. The van der Waals surface area contributed by atoms with Gasteiger partial charge in [-0.05, 0) is 24.5 Å². The van der Waals surface area contributed by atoms with Gasteiger partial charge in [-0.1, -0.05) is 78.4 Å². The molecule has 0 spiro atoms. The lowest BCUT2D eigenvalue weighted by Gasteiger charge is -2.53. The van der Waals surface area contributed by atoms with Gasteiger partial charge >= 0.3 is 11.9 Å². The van der Waals surface area contributed by atoms with Crippen LogP contribution in [0, 0.1) is 29.1 Å². The molecule has 0 radical (unpaired) electrons. The molecule has 0 aromatic rings. The molecule has 0 bridgehead atoms. The molecule has 0 aliphatic heterocycles. The molecule has 0 saturated heterocycles. The Morgan fingerprint density at radius 3 is 2.27 bits per heavy atom. The van der Waals surface area contributed by atoms with Crippen LogP contribution in [0.2, 0.25) is 0 Å². The Kier molecular flexibility index (Phi) is 8.50. The number of rotatable bonds is 11. The number of carbonyl (C=O) groups excluding carboxylic acids is 3. The lowest BCUT2D eigenvalue weighted by Crippen LogP contribution is -2.66. The first-order chi connectivity index (χ1) is 18.7. The maximum atomic E-state index is 13.3. The maximum absolute atomic E-state index is 13.3. The zero-order valence-electron chi connectivity index (χ0n) is 25.0. The highest BCUT2D eigenvalue weighted by Crippen LogP contribution is 2.77. The van der Waals surface area contributed by atoms with E-state index in [1.165, 1.54) is 26.2 Å². The van der Waals surface area contributed by atoms with Crippen LogP contribution in [0.5, 0.6) is 0 Å². The summed E-state index contributed by atoms with van der Waals surface area (Å²) in [7, 11) is 0. The zero-order valence-corrected chi connectivity index (χ0v) is 25.0. The van der Waals surface area contributed by atoms with E-state index in [0.29, 0.717) is 17.6 Å². The fourth-order valence-electron chi connectivity index (χ4n) is 8.47. The van der Waals surface area contributed by atoms with Crippen LogP contribution >= 0.6 is 0 Å². The summed E-state index contributed by atoms with van der Waals surface area (Å²) < 4.78 is 12.2. The third kappa shape index (κ3) is 4.58. The third-order valence-corrected chi connectivity index (χ3v) is 10.5. The zero-order chi connectivity index (χ0) is 29.7. The van der Waals surface area contributed by atoms with Gasteiger partial charge < -0.3 is 24.8 Å². The molecule has 8 atom stereocenters. The summed E-state index contributed by atoms with van der Waals surface area (Å²) in [4.78, 5) is 38.9. The average Bonchev–Trinajstić information content (AvgIpc) is 3.31. The maximum Gasteiger partial charge on any atom is 0.306 e. The van der Waals surface area contributed by atoms with Crippen LogP contribution in [0.15, 0.2) is 23.3 Å². The largest absolute Gasteiger partial charge is 0.458 e. The van der Waals surface area contributed by atoms with Gasteiger partial charge in [0.15, 0.2) is 11.4 Å². The van der Waals surface area contributed by atoms with Gasteiger partial charge in [0.2, 0.25) is 0 Å². The van der Waals surface area contributed by atoms with E-state index in [4.69, 9.17) is 9.47 Å². The number of ketones is 1. The topological polar surface area (TPSA) is 130 Å². The summed E-state index contributed by atoms with van der Waals surface area (Å²) in [5.41, 5.74) is -4.70. The molecule has 40 heavy (non-hydrogen) atoms. The van der Waals surface area contributed by atoms with Crippen molar-refractivity contribution in [1.82, 2.24) is 0 Å². The summed E-state index contributed by atoms with van der Waals surface area (Å²) in [5.74, 6) is -4.30. The number of aliphatic hydroxyl groups is 3. The van der Waals surface area contributed by atoms with Gasteiger partial charge in [0, 0.05) is 48.9 Å². The van der Waals surface area contributed by atoms with Crippen molar-refractivity contribution in [3.63, 3.8) is 0 Å². The van der Waals surface area contributed by atoms with E-state index in [0.717, 1.165) is 19.3 Å². The van der Waals surface area contributed by atoms with Crippen molar-refractivity contribution in [2.75, 3.05) is 6.61 Å². The highest BCUT2D eigenvalue weighted by Gasteiger charge is 2.87. The van der Waals surface area contributed by atoms with Gasteiger partial charge in [0.25, 0.3) is 0 Å². The number of fused-ring (bicyclic) bond motifs is 5. The van der Waals surface area contributed by atoms with Gasteiger partial charge in [-0.2, -0.15) is 0 Å². The highest BCUT2D eigenvalue weighted by molar-refractivity contribution is 6.04. The van der Waals surface area contributed by atoms with Crippen LogP contribution in [-0.2, 0) is 23.9 Å². The standard InChI is InChI=1S/C32H48O8/c1-7-8-9-10-11-12-13-14-25(35)40-32-26(29(32,5)6)23-16-22(18-33)17-30(37)24(15-19(2)27(30)36)31(23,38)20(3)28(32)39-21(4)34/h15-16,20,23-24,26,28,33,37-38H,7-14,17-18H2,1-6H3/t20-,23-,24+,26+,28-,30-,31-,32-/m1/s1. The SMILES string of the molecule is CCCCCCCCCC(=O)O[C@@]12[C@H](OC(C)=O)[C@@H](C)[C@@]3(O)[C@H](C=C(CO)C[C@]4(O)C(=O)C(C)=C[C@H]34)[C@H]1C2(C)C. The van der Waals surface area contributed by atoms with Crippen LogP contribution in [0.3, 0.4) is 0 Å². The number of aliphatic hydroxyl groups excluding tert-OH is 1. The van der Waals surface area contributed by atoms with Crippen LogP contribution in [-0.4, -0.2) is 62.6 Å². The molecule has 224 valence electrons. The molecule has 4 aliphatic carbocycles. The molecular formula is C32H48O8. The van der Waals surface area contributed by atoms with Gasteiger partial charge in [-0.3, -0.25) is 14.4 Å². The monoisotopic (exact) mass is 560 g/mol. The Hall–Kier alpha value is -2.03. The van der Waals surface area contributed by atoms with Crippen molar-refractivity contribution in [2.45, 2.75) is 122 Å². The Bertz CT molecular complexity index is 1090. The van der Waals surface area contributed by atoms with Crippen molar-refractivity contribution in [2.24, 2.45) is 29.1 Å². The summed E-state index contributed by atoms with van der Waals surface area (Å²) in [6.07, 6.45) is 10.0. The predicted octanol–water partition coefficient (Wildman–Crippen LogP) is 4.19. The molecule has 0 heterocycles. The number of hydrogen-bond donors (Lipinski definition) is 3. The Morgan fingerprint density at radius 1 is 1.05 bits per heavy atom. The fraction of sp³-hybridized carbons (Fsp3) is 0.781. The summed E-state index contributed by atoms with van der Waals surface area (Å²) >= 11 is 0. The lowest BCUT2D eigenvalue weighted by molar-refractivity contribution is -0.228. The molecule has 0 amide bonds. The second-order valence-corrected chi connectivity index (χ2v) is 13.3. The molecule has 2 saturated carbocycles. The van der Waals surface area contributed by atoms with Gasteiger partial charge in [-0.15, -0.1) is 0 Å². The van der Waals surface area contributed by atoms with E-state index >= 15 is 0 Å². The molecule has 8 nitrogen and oxygen atoms in total. The quantitative estimate of drug-likeness (QED) is 0.195. The smallest absolute Gasteiger partial charge is 0.306 e. The highest BCUT2D eigenvalue weighted by atomic mass is 16.6. The van der Waals surface area contributed by atoms with Crippen LogP contribution in [0.4, 0.5) is 0 Å². The second-order valence-electron chi connectivity index (χ2n) is 13.3. The first-order valence-electron chi connectivity index (χ1n) is 15.1. The summed E-state index contributed by atoms with van der Waals surface area (Å²) in [6, 6.07) is 0. The molecule has 0 aromatic heterocycles. The number of carbonyl (C=O) groups is 3. The Morgan fingerprint density at radius 2 is 1.68 bits per heavy atom. The second kappa shape index (κ2) is 11.0. The van der Waals surface area contributed by atoms with Crippen LogP contribution in [0.25, 0.3) is 0 Å². The van der Waals surface area contributed by atoms with E-state index in [1.54, 1.807) is 26.0 Å². The molecule has 0 unspecified atom stereocenters. The van der Waals surface area contributed by atoms with Crippen molar-refractivity contribution in [3.05, 3.63) is 23.3 Å². The van der Waals surface area contributed by atoms with Crippen molar-refractivity contribution in [3.8, 4) is 0 Å². The molecular weight excluding hydrogens is 512 g/mol. The minimum atomic E-state index is -1.93. The number of ether oxygens (including phenoxy) is 2. The number of unbranched alkanes of at least 4 members (excludes halogenated alkanes) is 6. The van der Waals surface area contributed by atoms with E-state index in [-0.39, 0.29) is 25.4 Å². The minimum Gasteiger partial charge on any atom is -0.458 e. The number of esters is 2. The van der Waals surface area contributed by atoms with Crippen molar-refractivity contribution in [1.29, 1.82) is 0 Å². The molecule has 2 fully saturated rings. The third-order valence-electron chi connectivity index (χ3n) is 10.5. The van der Waals surface area contributed by atoms with Crippen molar-refractivity contribution >= 4 is 17.7 Å². The van der Waals surface area contributed by atoms with E-state index in [9.17, 15) is 29.7 Å². The molecule has 4 aliphatic rings. The van der Waals surface area contributed by atoms with Gasteiger partial charge in [0.05, 0.1) is 12.2 Å². The minimum absolute atomic E-state index is 0.108. The fourth-order valence-corrected chi connectivity index (χ4v) is 8.47. The Balaban J connectivity index is 1.68. The molecule has 3 N–H and O–H groups in total. The lowest BCUT2D eigenvalue weighted by atomic mass is 9.59. The van der Waals surface area contributed by atoms with Crippen LogP contribution in [0.1, 0.15) is 99.3 Å². The normalized spacial score (nSPS) is 39.2. The van der Waals surface area contributed by atoms with Crippen LogP contribution < -0.4 is 0 Å². The Labute approximate surface area is 238 Å². The van der Waals surface area contributed by atoms with E-state index in [1.807, 2.05) is 13.8 Å².